The van der Waals surface area contributed by atoms with Crippen LogP contribution in [0.1, 0.15) is 21.5 Å². The summed E-state index contributed by atoms with van der Waals surface area (Å²) >= 11 is 0. The molecule has 2 aromatic carbocycles. The van der Waals surface area contributed by atoms with E-state index in [9.17, 15) is 9.59 Å². The molecule has 0 fully saturated rings. The maximum atomic E-state index is 12.6. The summed E-state index contributed by atoms with van der Waals surface area (Å²) in [5.74, 6) is 0.226. The van der Waals surface area contributed by atoms with Crippen LogP contribution in [0.2, 0.25) is 0 Å². The van der Waals surface area contributed by atoms with Gasteiger partial charge in [-0.25, -0.2) is 4.79 Å². The summed E-state index contributed by atoms with van der Waals surface area (Å²) in [5.41, 5.74) is 2.35. The number of carboxylic acid groups (broad SMARTS) is 1. The Balaban J connectivity index is 1.82. The smallest absolute Gasteiger partial charge is 0.341 e. The molecule has 0 saturated heterocycles. The van der Waals surface area contributed by atoms with Crippen molar-refractivity contribution in [3.05, 3.63) is 47.0 Å². The number of carbonyl (C=O) groups excluding carboxylic acids is 1. The number of aliphatic carboxylic acids is 1. The Morgan fingerprint density at radius 1 is 1.15 bits per heavy atom. The number of rotatable bonds is 5. The SMILES string of the molecule is Cc1cc(C(=O)Nc2cccc3c2OCCO3)cc(C)c1OCC(=O)O. The molecular weight excluding hydrogens is 338 g/mol. The summed E-state index contributed by atoms with van der Waals surface area (Å²) in [4.78, 5) is 23.3. The molecule has 0 aromatic heterocycles. The van der Waals surface area contributed by atoms with E-state index in [1.807, 2.05) is 0 Å². The average Bonchev–Trinajstić information content (AvgIpc) is 2.61. The minimum atomic E-state index is -1.05. The van der Waals surface area contributed by atoms with Crippen LogP contribution in [-0.4, -0.2) is 36.8 Å². The Labute approximate surface area is 150 Å². The number of fused-ring (bicyclic) bond motifs is 1. The molecule has 0 radical (unpaired) electrons. The highest BCUT2D eigenvalue weighted by Crippen LogP contribution is 2.37. The fourth-order valence-corrected chi connectivity index (χ4v) is 2.81. The number of benzene rings is 2. The molecule has 2 aromatic rings. The summed E-state index contributed by atoms with van der Waals surface area (Å²) < 4.78 is 16.4. The zero-order chi connectivity index (χ0) is 18.7. The van der Waals surface area contributed by atoms with Crippen molar-refractivity contribution in [2.24, 2.45) is 0 Å². The number of ether oxygens (including phenoxy) is 3. The predicted molar refractivity (Wildman–Crippen MR) is 94.4 cm³/mol. The van der Waals surface area contributed by atoms with Crippen LogP contribution in [0.5, 0.6) is 17.2 Å². The second-order valence-electron chi connectivity index (χ2n) is 5.91. The third kappa shape index (κ3) is 3.72. The summed E-state index contributed by atoms with van der Waals surface area (Å²) in [6.45, 7) is 4.00. The van der Waals surface area contributed by atoms with E-state index >= 15 is 0 Å². The summed E-state index contributed by atoms with van der Waals surface area (Å²) in [5, 5.41) is 11.6. The molecule has 0 bridgehead atoms. The van der Waals surface area contributed by atoms with E-state index in [-0.39, 0.29) is 5.91 Å². The van der Waals surface area contributed by atoms with E-state index in [0.717, 1.165) is 0 Å². The van der Waals surface area contributed by atoms with Gasteiger partial charge in [0.1, 0.15) is 19.0 Å². The van der Waals surface area contributed by atoms with Gasteiger partial charge >= 0.3 is 5.97 Å². The molecule has 1 aliphatic heterocycles. The highest BCUT2D eigenvalue weighted by molar-refractivity contribution is 6.05. The Bertz CT molecular complexity index is 838. The fraction of sp³-hybridized carbons (Fsp3) is 0.263. The molecule has 136 valence electrons. The zero-order valence-electron chi connectivity index (χ0n) is 14.5. The van der Waals surface area contributed by atoms with E-state index in [1.165, 1.54) is 0 Å². The van der Waals surface area contributed by atoms with Crippen molar-refractivity contribution >= 4 is 17.6 Å². The molecule has 1 aliphatic rings. The Morgan fingerprint density at radius 2 is 1.85 bits per heavy atom. The normalized spacial score (nSPS) is 12.4. The molecule has 0 unspecified atom stereocenters. The van der Waals surface area contributed by atoms with Crippen LogP contribution in [0, 0.1) is 13.8 Å². The average molecular weight is 357 g/mol. The predicted octanol–water partition coefficient (Wildman–Crippen LogP) is 2.79. The van der Waals surface area contributed by atoms with Gasteiger partial charge in [0.25, 0.3) is 5.91 Å². The number of hydrogen-bond acceptors (Lipinski definition) is 5. The summed E-state index contributed by atoms with van der Waals surface area (Å²) in [6.07, 6.45) is 0. The first-order chi connectivity index (χ1) is 12.5. The fourth-order valence-electron chi connectivity index (χ4n) is 2.81. The zero-order valence-corrected chi connectivity index (χ0v) is 14.5. The quantitative estimate of drug-likeness (QED) is 0.855. The van der Waals surface area contributed by atoms with Crippen molar-refractivity contribution in [3.8, 4) is 17.2 Å². The number of nitrogens with one attached hydrogen (secondary N) is 1. The van der Waals surface area contributed by atoms with Gasteiger partial charge in [0.2, 0.25) is 0 Å². The monoisotopic (exact) mass is 357 g/mol. The van der Waals surface area contributed by atoms with E-state index in [0.29, 0.717) is 52.8 Å². The van der Waals surface area contributed by atoms with Crippen LogP contribution < -0.4 is 19.5 Å². The van der Waals surface area contributed by atoms with Crippen molar-refractivity contribution < 1.29 is 28.9 Å². The van der Waals surface area contributed by atoms with Gasteiger partial charge in [0.05, 0.1) is 5.69 Å². The number of carbonyl (C=O) groups is 2. The largest absolute Gasteiger partial charge is 0.486 e. The molecule has 0 aliphatic carbocycles. The van der Waals surface area contributed by atoms with Gasteiger partial charge < -0.3 is 24.6 Å². The molecule has 7 nitrogen and oxygen atoms in total. The maximum Gasteiger partial charge on any atom is 0.341 e. The van der Waals surface area contributed by atoms with E-state index in [1.54, 1.807) is 44.2 Å². The minimum absolute atomic E-state index is 0.302. The molecule has 2 N–H and O–H groups in total. The number of carboxylic acids is 1. The van der Waals surface area contributed by atoms with E-state index in [4.69, 9.17) is 19.3 Å². The van der Waals surface area contributed by atoms with Crippen molar-refractivity contribution in [2.75, 3.05) is 25.1 Å². The van der Waals surface area contributed by atoms with Gasteiger partial charge in [0.15, 0.2) is 18.1 Å². The van der Waals surface area contributed by atoms with Gasteiger partial charge in [-0.15, -0.1) is 0 Å². The van der Waals surface area contributed by atoms with Crippen molar-refractivity contribution in [1.82, 2.24) is 0 Å². The second-order valence-corrected chi connectivity index (χ2v) is 5.91. The highest BCUT2D eigenvalue weighted by atomic mass is 16.6. The van der Waals surface area contributed by atoms with Crippen molar-refractivity contribution in [3.63, 3.8) is 0 Å². The van der Waals surface area contributed by atoms with Crippen LogP contribution in [0.3, 0.4) is 0 Å². The molecular formula is C19H19NO6. The Hall–Kier alpha value is -3.22. The lowest BCUT2D eigenvalue weighted by Crippen LogP contribution is -2.19. The molecule has 3 rings (SSSR count). The van der Waals surface area contributed by atoms with Gasteiger partial charge in [-0.1, -0.05) is 6.07 Å². The molecule has 7 heteroatoms. The first kappa shape index (κ1) is 17.6. The van der Waals surface area contributed by atoms with Crippen molar-refractivity contribution in [1.29, 1.82) is 0 Å². The first-order valence-corrected chi connectivity index (χ1v) is 8.11. The molecule has 0 atom stereocenters. The number of amides is 1. The van der Waals surface area contributed by atoms with Crippen LogP contribution in [-0.2, 0) is 4.79 Å². The third-order valence-corrected chi connectivity index (χ3v) is 3.88. The Morgan fingerprint density at radius 3 is 2.54 bits per heavy atom. The van der Waals surface area contributed by atoms with Crippen LogP contribution in [0.4, 0.5) is 5.69 Å². The van der Waals surface area contributed by atoms with Crippen molar-refractivity contribution in [2.45, 2.75) is 13.8 Å². The van der Waals surface area contributed by atoms with Gasteiger partial charge in [-0.3, -0.25) is 4.79 Å². The molecule has 1 amide bonds. The second kappa shape index (κ2) is 7.35. The van der Waals surface area contributed by atoms with Crippen LogP contribution in [0.15, 0.2) is 30.3 Å². The molecule has 1 heterocycles. The molecule has 0 saturated carbocycles. The van der Waals surface area contributed by atoms with Crippen LogP contribution >= 0.6 is 0 Å². The van der Waals surface area contributed by atoms with Crippen LogP contribution in [0.25, 0.3) is 0 Å². The first-order valence-electron chi connectivity index (χ1n) is 8.11. The number of aryl methyl sites for hydroxylation is 2. The minimum Gasteiger partial charge on any atom is -0.486 e. The highest BCUT2D eigenvalue weighted by Gasteiger charge is 2.19. The topological polar surface area (TPSA) is 94.1 Å². The number of anilines is 1. The molecule has 26 heavy (non-hydrogen) atoms. The summed E-state index contributed by atoms with van der Waals surface area (Å²) in [6, 6.07) is 8.63. The van der Waals surface area contributed by atoms with E-state index < -0.39 is 12.6 Å². The lowest BCUT2D eigenvalue weighted by molar-refractivity contribution is -0.139. The standard InChI is InChI=1S/C19H19NO6/c1-11-8-13(9-12(2)17(11)26-10-16(21)22)19(23)20-14-4-3-5-15-18(14)25-7-6-24-15/h3-5,8-9H,6-7,10H2,1-2H3,(H,20,23)(H,21,22). The lowest BCUT2D eigenvalue weighted by atomic mass is 10.0. The van der Waals surface area contributed by atoms with Gasteiger partial charge in [0, 0.05) is 5.56 Å². The number of hydrogen-bond donors (Lipinski definition) is 2. The molecule has 0 spiro atoms. The maximum absolute atomic E-state index is 12.6. The lowest BCUT2D eigenvalue weighted by Gasteiger charge is -2.21. The summed E-state index contributed by atoms with van der Waals surface area (Å²) in [7, 11) is 0. The third-order valence-electron chi connectivity index (χ3n) is 3.88. The Kier molecular flexibility index (Phi) is 4.97. The van der Waals surface area contributed by atoms with E-state index in [2.05, 4.69) is 5.32 Å². The number of para-hydroxylation sites is 1. The van der Waals surface area contributed by atoms with Gasteiger partial charge in [-0.2, -0.15) is 0 Å². The van der Waals surface area contributed by atoms with Gasteiger partial charge in [-0.05, 0) is 49.2 Å².